The van der Waals surface area contributed by atoms with Crippen LogP contribution in [-0.2, 0) is 4.79 Å². The van der Waals surface area contributed by atoms with E-state index < -0.39 is 0 Å². The van der Waals surface area contributed by atoms with Gasteiger partial charge in [0, 0.05) is 18.5 Å². The van der Waals surface area contributed by atoms with Crippen LogP contribution in [0, 0.1) is 12.8 Å². The molecule has 1 amide bonds. The van der Waals surface area contributed by atoms with Crippen molar-refractivity contribution in [1.29, 1.82) is 0 Å². The molecule has 1 aromatic carbocycles. The minimum atomic E-state index is 0.0937. The van der Waals surface area contributed by atoms with Gasteiger partial charge in [0.05, 0.1) is 0 Å². The molecular weight excluding hydrogens is 282 g/mol. The molecule has 0 bridgehead atoms. The first-order valence-electron chi connectivity index (χ1n) is 7.22. The van der Waals surface area contributed by atoms with Gasteiger partial charge in [0.1, 0.15) is 5.01 Å². The van der Waals surface area contributed by atoms with Crippen molar-refractivity contribution in [3.8, 4) is 10.6 Å². The van der Waals surface area contributed by atoms with Gasteiger partial charge in [-0.05, 0) is 18.4 Å². The van der Waals surface area contributed by atoms with Crippen LogP contribution in [0.5, 0.6) is 0 Å². The third-order valence-electron chi connectivity index (χ3n) is 3.17. The molecule has 0 N–H and O–H groups in total. The van der Waals surface area contributed by atoms with E-state index in [1.165, 1.54) is 11.3 Å². The fraction of sp³-hybridized carbons (Fsp3) is 0.438. The minimum absolute atomic E-state index is 0.0937. The highest BCUT2D eigenvalue weighted by Gasteiger charge is 2.20. The van der Waals surface area contributed by atoms with E-state index in [1.54, 1.807) is 4.90 Å². The molecule has 0 fully saturated rings. The molecule has 2 rings (SSSR count). The van der Waals surface area contributed by atoms with Gasteiger partial charge in [-0.1, -0.05) is 56.4 Å². The highest BCUT2D eigenvalue weighted by molar-refractivity contribution is 7.18. The minimum Gasteiger partial charge on any atom is -0.286 e. The number of amides is 1. The second-order valence-electron chi connectivity index (χ2n) is 5.46. The highest BCUT2D eigenvalue weighted by atomic mass is 32.1. The largest absolute Gasteiger partial charge is 0.286 e. The Bertz CT molecular complexity index is 621. The van der Waals surface area contributed by atoms with Crippen LogP contribution in [0.25, 0.3) is 10.6 Å². The summed E-state index contributed by atoms with van der Waals surface area (Å²) in [6.45, 7) is 8.80. The van der Waals surface area contributed by atoms with Gasteiger partial charge in [0.2, 0.25) is 11.0 Å². The summed E-state index contributed by atoms with van der Waals surface area (Å²) in [6, 6.07) is 8.09. The van der Waals surface area contributed by atoms with Crippen molar-refractivity contribution in [2.75, 3.05) is 11.4 Å². The predicted octanol–water partition coefficient (Wildman–Crippen LogP) is 3.91. The quantitative estimate of drug-likeness (QED) is 0.841. The van der Waals surface area contributed by atoms with E-state index in [9.17, 15) is 4.79 Å². The number of aromatic nitrogens is 2. The van der Waals surface area contributed by atoms with Crippen molar-refractivity contribution in [3.63, 3.8) is 0 Å². The van der Waals surface area contributed by atoms with Crippen molar-refractivity contribution in [1.82, 2.24) is 10.2 Å². The third-order valence-corrected chi connectivity index (χ3v) is 4.15. The van der Waals surface area contributed by atoms with E-state index in [0.29, 0.717) is 24.0 Å². The first kappa shape index (κ1) is 15.6. The maximum atomic E-state index is 12.1. The van der Waals surface area contributed by atoms with Gasteiger partial charge < -0.3 is 0 Å². The van der Waals surface area contributed by atoms with Crippen LogP contribution in [0.4, 0.5) is 5.13 Å². The summed E-state index contributed by atoms with van der Waals surface area (Å²) in [5.74, 6) is 0.488. The molecule has 0 atom stereocenters. The van der Waals surface area contributed by atoms with Crippen LogP contribution >= 0.6 is 11.3 Å². The fourth-order valence-electron chi connectivity index (χ4n) is 2.09. The van der Waals surface area contributed by atoms with Crippen molar-refractivity contribution < 1.29 is 4.79 Å². The Morgan fingerprint density at radius 2 is 2.00 bits per heavy atom. The Kier molecular flexibility index (Phi) is 5.07. The van der Waals surface area contributed by atoms with Gasteiger partial charge in [-0.2, -0.15) is 0 Å². The van der Waals surface area contributed by atoms with Gasteiger partial charge in [0.15, 0.2) is 0 Å². The SMILES string of the molecule is CCC(=O)N(CC(C)C)c1nnc(-c2ccccc2C)s1. The lowest BCUT2D eigenvalue weighted by atomic mass is 10.1. The number of benzene rings is 1. The summed E-state index contributed by atoms with van der Waals surface area (Å²) >= 11 is 1.48. The van der Waals surface area contributed by atoms with E-state index in [0.717, 1.165) is 16.1 Å². The van der Waals surface area contributed by atoms with Gasteiger partial charge in [-0.15, -0.1) is 10.2 Å². The van der Waals surface area contributed by atoms with Crippen molar-refractivity contribution in [3.05, 3.63) is 29.8 Å². The molecule has 0 radical (unpaired) electrons. The number of hydrogen-bond donors (Lipinski definition) is 0. The summed E-state index contributed by atoms with van der Waals surface area (Å²) < 4.78 is 0. The molecule has 0 saturated carbocycles. The Morgan fingerprint density at radius 1 is 1.29 bits per heavy atom. The lowest BCUT2D eigenvalue weighted by Gasteiger charge is -2.20. The molecule has 2 aromatic rings. The number of nitrogens with zero attached hydrogens (tertiary/aromatic N) is 3. The predicted molar refractivity (Wildman–Crippen MR) is 87.6 cm³/mol. The normalized spacial score (nSPS) is 10.9. The molecule has 0 spiro atoms. The van der Waals surface area contributed by atoms with Crippen LogP contribution in [0.15, 0.2) is 24.3 Å². The summed E-state index contributed by atoms with van der Waals surface area (Å²) in [4.78, 5) is 13.9. The summed E-state index contributed by atoms with van der Waals surface area (Å²) in [5.41, 5.74) is 2.24. The second-order valence-corrected chi connectivity index (χ2v) is 6.41. The molecule has 112 valence electrons. The summed E-state index contributed by atoms with van der Waals surface area (Å²) in [6.07, 6.45) is 0.478. The van der Waals surface area contributed by atoms with Crippen LogP contribution in [0.3, 0.4) is 0 Å². The number of carbonyl (C=O) groups is 1. The molecule has 0 aliphatic rings. The third kappa shape index (κ3) is 3.67. The van der Waals surface area contributed by atoms with E-state index in [1.807, 2.05) is 25.1 Å². The zero-order valence-corrected chi connectivity index (χ0v) is 13.8. The van der Waals surface area contributed by atoms with E-state index in [-0.39, 0.29) is 5.91 Å². The van der Waals surface area contributed by atoms with Gasteiger partial charge in [-0.3, -0.25) is 9.69 Å². The molecule has 0 saturated heterocycles. The maximum Gasteiger partial charge on any atom is 0.228 e. The van der Waals surface area contributed by atoms with Crippen LogP contribution in [0.1, 0.15) is 32.8 Å². The van der Waals surface area contributed by atoms with E-state index in [4.69, 9.17) is 0 Å². The van der Waals surface area contributed by atoms with E-state index >= 15 is 0 Å². The Morgan fingerprint density at radius 3 is 2.62 bits per heavy atom. The Labute approximate surface area is 129 Å². The lowest BCUT2D eigenvalue weighted by molar-refractivity contribution is -0.118. The molecule has 5 heteroatoms. The second kappa shape index (κ2) is 6.80. The maximum absolute atomic E-state index is 12.1. The van der Waals surface area contributed by atoms with Gasteiger partial charge >= 0.3 is 0 Å². The Balaban J connectivity index is 2.32. The smallest absolute Gasteiger partial charge is 0.228 e. The van der Waals surface area contributed by atoms with Crippen LogP contribution in [0.2, 0.25) is 0 Å². The average molecular weight is 303 g/mol. The van der Waals surface area contributed by atoms with Crippen LogP contribution < -0.4 is 4.90 Å². The fourth-order valence-corrected chi connectivity index (χ4v) is 3.05. The number of carbonyl (C=O) groups excluding carboxylic acids is 1. The number of hydrogen-bond acceptors (Lipinski definition) is 4. The van der Waals surface area contributed by atoms with Crippen LogP contribution in [-0.4, -0.2) is 22.6 Å². The molecule has 4 nitrogen and oxygen atoms in total. The van der Waals surface area contributed by atoms with E-state index in [2.05, 4.69) is 37.0 Å². The topological polar surface area (TPSA) is 46.1 Å². The molecule has 21 heavy (non-hydrogen) atoms. The zero-order chi connectivity index (χ0) is 15.4. The summed E-state index contributed by atoms with van der Waals surface area (Å²) in [7, 11) is 0. The van der Waals surface area contributed by atoms with Crippen molar-refractivity contribution in [2.45, 2.75) is 34.1 Å². The standard InChI is InChI=1S/C16H21N3OS/c1-5-14(20)19(10-11(2)3)16-18-17-15(21-16)13-9-7-6-8-12(13)4/h6-9,11H,5,10H2,1-4H3. The van der Waals surface area contributed by atoms with Gasteiger partial charge in [-0.25, -0.2) is 0 Å². The zero-order valence-electron chi connectivity index (χ0n) is 13.0. The lowest BCUT2D eigenvalue weighted by Crippen LogP contribution is -2.33. The number of anilines is 1. The molecule has 0 aliphatic heterocycles. The van der Waals surface area contributed by atoms with Crippen molar-refractivity contribution >= 4 is 22.4 Å². The molecule has 1 heterocycles. The average Bonchev–Trinajstić information content (AvgIpc) is 2.93. The Hall–Kier alpha value is -1.75. The first-order valence-corrected chi connectivity index (χ1v) is 8.04. The highest BCUT2D eigenvalue weighted by Crippen LogP contribution is 2.31. The molecule has 1 aromatic heterocycles. The molecule has 0 aliphatic carbocycles. The van der Waals surface area contributed by atoms with Gasteiger partial charge in [0.25, 0.3) is 0 Å². The molecule has 0 unspecified atom stereocenters. The number of rotatable bonds is 5. The summed E-state index contributed by atoms with van der Waals surface area (Å²) in [5, 5.41) is 10.0. The number of aryl methyl sites for hydroxylation is 1. The van der Waals surface area contributed by atoms with Crippen molar-refractivity contribution in [2.24, 2.45) is 5.92 Å². The first-order chi connectivity index (χ1) is 10.0. The monoisotopic (exact) mass is 303 g/mol. The molecular formula is C16H21N3OS.